The van der Waals surface area contributed by atoms with E-state index < -0.39 is 18.0 Å². The maximum absolute atomic E-state index is 12.5. The number of hydrogen-bond acceptors (Lipinski definition) is 7. The smallest absolute Gasteiger partial charge is 0.250 e. The summed E-state index contributed by atoms with van der Waals surface area (Å²) in [4.78, 5) is 27.5. The van der Waals surface area contributed by atoms with Crippen molar-refractivity contribution in [1.82, 2.24) is 9.47 Å². The van der Waals surface area contributed by atoms with Crippen LogP contribution >= 0.6 is 23.1 Å². The van der Waals surface area contributed by atoms with Crippen LogP contribution in [-0.2, 0) is 16.1 Å². The molecule has 2 aromatic rings. The third-order valence-corrected chi connectivity index (χ3v) is 7.92. The number of aliphatic hydroxyl groups is 2. The largest absolute Gasteiger partial charge is 0.543 e. The number of carbonyl (C=O) groups is 2. The Morgan fingerprint density at radius 2 is 2.21 bits per heavy atom. The Bertz CT molecular complexity index is 1020. The number of aliphatic hydroxyl groups excluding tert-OH is 2. The van der Waals surface area contributed by atoms with Crippen LogP contribution in [0.2, 0.25) is 0 Å². The number of carboxylic acid groups (broad SMARTS) is 1. The molecule has 10 heteroatoms. The highest BCUT2D eigenvalue weighted by atomic mass is 32.2. The quantitative estimate of drug-likeness (QED) is 0.350. The standard InChI is InChI=1S/C19H23N3O5S2/c1-4-28-17-18-21(8-20(17)5-6-23)7-11(29-18)12-9(2)14-13(10(3)24)16(25)22(14)15(12)19(26)27/h7-10,13-14,23-24H,4-6H2,1-3H3/t9-,10+,13+,14+/m0/s1. The average Bonchev–Trinajstić information content (AvgIpc) is 3.25. The number of fused-ring (bicyclic) bond motifs is 2. The first kappa shape index (κ1) is 20.4. The number of thioether (sulfide) groups is 1. The molecule has 0 saturated carbocycles. The minimum Gasteiger partial charge on any atom is -0.543 e. The van der Waals surface area contributed by atoms with Gasteiger partial charge in [-0.25, -0.2) is 4.57 Å². The van der Waals surface area contributed by atoms with E-state index >= 15 is 0 Å². The Hall–Kier alpha value is -1.88. The fourth-order valence-electron chi connectivity index (χ4n) is 4.49. The predicted octanol–water partition coefficient (Wildman–Crippen LogP) is -0.289. The van der Waals surface area contributed by atoms with Gasteiger partial charge in [-0.1, -0.05) is 36.9 Å². The lowest BCUT2D eigenvalue weighted by Crippen LogP contribution is -2.64. The van der Waals surface area contributed by atoms with Crippen molar-refractivity contribution in [2.75, 3.05) is 12.4 Å². The highest BCUT2D eigenvalue weighted by Gasteiger charge is 2.59. The van der Waals surface area contributed by atoms with Crippen LogP contribution in [0.4, 0.5) is 0 Å². The third kappa shape index (κ3) is 2.92. The van der Waals surface area contributed by atoms with E-state index in [-0.39, 0.29) is 30.2 Å². The van der Waals surface area contributed by atoms with Crippen molar-refractivity contribution in [3.05, 3.63) is 23.1 Å². The second-order valence-corrected chi connectivity index (χ2v) is 9.67. The number of rotatable bonds is 7. The van der Waals surface area contributed by atoms with Crippen LogP contribution in [0.3, 0.4) is 0 Å². The molecule has 2 aromatic heterocycles. The van der Waals surface area contributed by atoms with Gasteiger partial charge >= 0.3 is 0 Å². The average molecular weight is 438 g/mol. The Balaban J connectivity index is 1.82. The van der Waals surface area contributed by atoms with Crippen LogP contribution in [0.5, 0.6) is 0 Å². The summed E-state index contributed by atoms with van der Waals surface area (Å²) in [6.45, 7) is 6.02. The predicted molar refractivity (Wildman–Crippen MR) is 106 cm³/mol. The number of aliphatic carboxylic acids is 1. The van der Waals surface area contributed by atoms with E-state index in [0.29, 0.717) is 12.1 Å². The first-order chi connectivity index (χ1) is 13.8. The van der Waals surface area contributed by atoms with Gasteiger partial charge in [0.25, 0.3) is 6.33 Å². The molecule has 2 aliphatic heterocycles. The number of aromatic nitrogens is 2. The Morgan fingerprint density at radius 1 is 1.48 bits per heavy atom. The zero-order valence-corrected chi connectivity index (χ0v) is 18.0. The minimum absolute atomic E-state index is 0.0309. The van der Waals surface area contributed by atoms with Crippen molar-refractivity contribution in [2.24, 2.45) is 11.8 Å². The number of nitrogens with zero attached hydrogens (tertiary/aromatic N) is 3. The maximum atomic E-state index is 12.5. The summed E-state index contributed by atoms with van der Waals surface area (Å²) in [6.07, 6.45) is 2.93. The Morgan fingerprint density at radius 3 is 2.79 bits per heavy atom. The molecule has 8 nitrogen and oxygen atoms in total. The van der Waals surface area contributed by atoms with Crippen molar-refractivity contribution in [3.63, 3.8) is 0 Å². The number of imidazole rings is 1. The van der Waals surface area contributed by atoms with Gasteiger partial charge in [-0.15, -0.1) is 0 Å². The molecule has 1 saturated heterocycles. The molecule has 1 amide bonds. The van der Waals surface area contributed by atoms with Crippen LogP contribution in [-0.4, -0.2) is 56.1 Å². The first-order valence-electron chi connectivity index (χ1n) is 9.56. The number of carboxylic acids is 1. The molecule has 1 fully saturated rings. The van der Waals surface area contributed by atoms with E-state index in [2.05, 4.69) is 6.92 Å². The summed E-state index contributed by atoms with van der Waals surface area (Å²) in [5.74, 6) is -1.70. The molecule has 2 aliphatic rings. The maximum Gasteiger partial charge on any atom is 0.250 e. The summed E-state index contributed by atoms with van der Waals surface area (Å²) in [5, 5.41) is 32.3. The number of amides is 1. The second-order valence-electron chi connectivity index (χ2n) is 7.38. The molecule has 4 rings (SSSR count). The summed E-state index contributed by atoms with van der Waals surface area (Å²) < 4.78 is 3.92. The topological polar surface area (TPSA) is 110 Å². The summed E-state index contributed by atoms with van der Waals surface area (Å²) >= 11 is 3.12. The monoisotopic (exact) mass is 437 g/mol. The van der Waals surface area contributed by atoms with Crippen molar-refractivity contribution in [1.29, 1.82) is 0 Å². The van der Waals surface area contributed by atoms with E-state index in [1.165, 1.54) is 16.2 Å². The van der Waals surface area contributed by atoms with Crippen molar-refractivity contribution in [3.8, 4) is 0 Å². The molecule has 0 aliphatic carbocycles. The lowest BCUT2D eigenvalue weighted by molar-refractivity contribution is -0.508. The van der Waals surface area contributed by atoms with Crippen molar-refractivity contribution in [2.45, 2.75) is 44.5 Å². The van der Waals surface area contributed by atoms with E-state index in [1.807, 2.05) is 28.4 Å². The van der Waals surface area contributed by atoms with Gasteiger partial charge in [-0.2, -0.15) is 4.40 Å². The zero-order chi connectivity index (χ0) is 21.0. The molecule has 0 unspecified atom stereocenters. The van der Waals surface area contributed by atoms with Crippen LogP contribution in [0.15, 0.2) is 23.2 Å². The van der Waals surface area contributed by atoms with Gasteiger partial charge in [0.1, 0.15) is 12.7 Å². The molecular formula is C19H23N3O5S2. The number of thiazole rings is 1. The molecule has 4 atom stereocenters. The summed E-state index contributed by atoms with van der Waals surface area (Å²) in [6, 6.07) is -0.365. The van der Waals surface area contributed by atoms with Gasteiger partial charge in [0, 0.05) is 11.5 Å². The van der Waals surface area contributed by atoms with Crippen LogP contribution in [0.1, 0.15) is 25.6 Å². The van der Waals surface area contributed by atoms with Gasteiger partial charge in [0.05, 0.1) is 41.2 Å². The Labute approximate surface area is 176 Å². The van der Waals surface area contributed by atoms with Gasteiger partial charge in [0.15, 0.2) is 0 Å². The zero-order valence-electron chi connectivity index (χ0n) is 16.4. The number of hydrogen-bond donors (Lipinski definition) is 2. The number of carbonyl (C=O) groups excluding carboxylic acids is 2. The molecular weight excluding hydrogens is 414 g/mol. The fraction of sp³-hybridized carbons (Fsp3) is 0.526. The molecule has 29 heavy (non-hydrogen) atoms. The molecule has 4 heterocycles. The molecule has 2 N–H and O–H groups in total. The van der Waals surface area contributed by atoms with Crippen LogP contribution in [0, 0.1) is 11.8 Å². The fourth-order valence-corrected chi connectivity index (χ4v) is 6.77. The number of β-lactam (4-membered cyclic amide) rings is 1. The highest BCUT2D eigenvalue weighted by molar-refractivity contribution is 7.99. The van der Waals surface area contributed by atoms with Crippen molar-refractivity contribution >= 4 is 45.4 Å². The van der Waals surface area contributed by atoms with E-state index in [0.717, 1.165) is 20.5 Å². The molecule has 0 bridgehead atoms. The highest BCUT2D eigenvalue weighted by Crippen LogP contribution is 2.51. The molecule has 0 aromatic carbocycles. The van der Waals surface area contributed by atoms with Crippen LogP contribution in [0.25, 0.3) is 10.4 Å². The van der Waals surface area contributed by atoms with Gasteiger partial charge in [-0.3, -0.25) is 4.79 Å². The minimum atomic E-state index is -1.37. The van der Waals surface area contributed by atoms with E-state index in [4.69, 9.17) is 0 Å². The normalized spacial score (nSPS) is 24.9. The SMILES string of the molecule is CCSc1c2sc(C3=C(C(=O)[O-])N4C(=O)[C@H]([C@@H](C)O)[C@H]4[C@H]3C)c[n+]2cn1CCO. The first-order valence-corrected chi connectivity index (χ1v) is 11.4. The van der Waals surface area contributed by atoms with Gasteiger partial charge in [0.2, 0.25) is 15.8 Å². The molecule has 0 spiro atoms. The lowest BCUT2D eigenvalue weighted by atomic mass is 9.77. The lowest BCUT2D eigenvalue weighted by Gasteiger charge is -2.47. The van der Waals surface area contributed by atoms with Crippen molar-refractivity contribution < 1.29 is 29.3 Å². The third-order valence-electron chi connectivity index (χ3n) is 5.66. The van der Waals surface area contributed by atoms with Crippen LogP contribution < -0.4 is 9.51 Å². The second kappa shape index (κ2) is 7.42. The van der Waals surface area contributed by atoms with Gasteiger partial charge in [-0.05, 0) is 12.7 Å². The van der Waals surface area contributed by atoms with E-state index in [9.17, 15) is 24.9 Å². The van der Waals surface area contributed by atoms with E-state index in [1.54, 1.807) is 18.7 Å². The van der Waals surface area contributed by atoms with Gasteiger partial charge < -0.3 is 25.0 Å². The molecule has 156 valence electrons. The molecule has 0 radical (unpaired) electrons. The summed E-state index contributed by atoms with van der Waals surface area (Å²) in [7, 11) is 0. The summed E-state index contributed by atoms with van der Waals surface area (Å²) in [5.41, 5.74) is 0.503. The Kier molecular flexibility index (Phi) is 5.22.